The Morgan fingerprint density at radius 1 is 1.33 bits per heavy atom. The molecule has 4 unspecified atom stereocenters. The van der Waals surface area contributed by atoms with Crippen LogP contribution in [0.2, 0.25) is 0 Å². The molecule has 18 heavy (non-hydrogen) atoms. The fourth-order valence-corrected chi connectivity index (χ4v) is 3.95. The van der Waals surface area contributed by atoms with E-state index in [1.54, 1.807) is 0 Å². The maximum Gasteiger partial charge on any atom is 0.0703 e. The minimum atomic E-state index is 0.355. The van der Waals surface area contributed by atoms with Gasteiger partial charge in [-0.3, -0.25) is 4.90 Å². The average molecular weight is 252 g/mol. The van der Waals surface area contributed by atoms with E-state index in [-0.39, 0.29) is 0 Å². The molecule has 2 saturated heterocycles. The molecule has 1 N–H and O–H groups in total. The van der Waals surface area contributed by atoms with Crippen molar-refractivity contribution in [3.63, 3.8) is 0 Å². The topological polar surface area (TPSA) is 24.5 Å². The van der Waals surface area contributed by atoms with Crippen molar-refractivity contribution in [2.24, 2.45) is 5.92 Å². The van der Waals surface area contributed by atoms with E-state index in [1.807, 2.05) is 0 Å². The number of rotatable bonds is 3. The molecular weight excluding hydrogens is 224 g/mol. The van der Waals surface area contributed by atoms with Crippen molar-refractivity contribution in [2.45, 2.75) is 70.2 Å². The molecule has 3 rings (SSSR count). The molecule has 3 heteroatoms. The highest BCUT2D eigenvalue weighted by atomic mass is 16.5. The third-order valence-corrected chi connectivity index (χ3v) is 5.43. The van der Waals surface area contributed by atoms with E-state index in [4.69, 9.17) is 4.74 Å². The van der Waals surface area contributed by atoms with E-state index >= 15 is 0 Å². The Morgan fingerprint density at radius 2 is 2.11 bits per heavy atom. The Hall–Kier alpha value is -0.120. The zero-order valence-electron chi connectivity index (χ0n) is 12.1. The molecular formula is C15H28N2O. The third-order valence-electron chi connectivity index (χ3n) is 5.43. The van der Waals surface area contributed by atoms with Crippen LogP contribution < -0.4 is 5.32 Å². The van der Waals surface area contributed by atoms with Crippen molar-refractivity contribution >= 4 is 0 Å². The summed E-state index contributed by atoms with van der Waals surface area (Å²) in [5.41, 5.74) is 0.355. The summed E-state index contributed by atoms with van der Waals surface area (Å²) < 4.78 is 5.79. The SMILES string of the molecule is CCC1CNC(C)(C2CC2)CN1C1CCOC1C. The molecule has 2 aliphatic heterocycles. The van der Waals surface area contributed by atoms with Crippen LogP contribution in [0, 0.1) is 5.92 Å². The second-order valence-corrected chi connectivity index (χ2v) is 6.74. The smallest absolute Gasteiger partial charge is 0.0703 e. The number of hydrogen-bond donors (Lipinski definition) is 1. The summed E-state index contributed by atoms with van der Waals surface area (Å²) in [5, 5.41) is 3.84. The summed E-state index contributed by atoms with van der Waals surface area (Å²) in [6.45, 7) is 10.3. The van der Waals surface area contributed by atoms with Crippen LogP contribution in [-0.4, -0.2) is 48.3 Å². The first-order valence-corrected chi connectivity index (χ1v) is 7.76. The van der Waals surface area contributed by atoms with E-state index in [2.05, 4.69) is 31.0 Å². The molecule has 1 saturated carbocycles. The predicted octanol–water partition coefficient (Wildman–Crippen LogP) is 2.02. The second-order valence-electron chi connectivity index (χ2n) is 6.74. The zero-order valence-corrected chi connectivity index (χ0v) is 12.1. The molecule has 3 nitrogen and oxygen atoms in total. The molecule has 3 fully saturated rings. The molecule has 0 bridgehead atoms. The molecule has 104 valence electrons. The van der Waals surface area contributed by atoms with E-state index in [0.29, 0.717) is 23.7 Å². The van der Waals surface area contributed by atoms with Crippen molar-refractivity contribution in [3.8, 4) is 0 Å². The van der Waals surface area contributed by atoms with Crippen molar-refractivity contribution < 1.29 is 4.74 Å². The summed E-state index contributed by atoms with van der Waals surface area (Å²) in [5.74, 6) is 0.912. The Morgan fingerprint density at radius 3 is 2.67 bits per heavy atom. The monoisotopic (exact) mass is 252 g/mol. The number of piperazine rings is 1. The molecule has 3 aliphatic rings. The largest absolute Gasteiger partial charge is 0.377 e. The third kappa shape index (κ3) is 2.21. The normalized spacial score (nSPS) is 46.5. The van der Waals surface area contributed by atoms with Crippen LogP contribution in [-0.2, 0) is 4.74 Å². The number of ether oxygens (including phenoxy) is 1. The molecule has 2 heterocycles. The van der Waals surface area contributed by atoms with Gasteiger partial charge in [0.25, 0.3) is 0 Å². The molecule has 0 spiro atoms. The van der Waals surface area contributed by atoms with Crippen LogP contribution in [0.1, 0.15) is 46.5 Å². The summed E-state index contributed by atoms with van der Waals surface area (Å²) >= 11 is 0. The standard InChI is InChI=1S/C15H28N2O/c1-4-13-9-16-15(3,12-5-6-12)10-17(13)14-7-8-18-11(14)2/h11-14,16H,4-10H2,1-3H3. The first-order valence-electron chi connectivity index (χ1n) is 7.76. The van der Waals surface area contributed by atoms with Crippen LogP contribution in [0.5, 0.6) is 0 Å². The highest BCUT2D eigenvalue weighted by Gasteiger charge is 2.48. The fourth-order valence-electron chi connectivity index (χ4n) is 3.95. The predicted molar refractivity (Wildman–Crippen MR) is 73.7 cm³/mol. The molecule has 0 aromatic rings. The highest BCUT2D eigenvalue weighted by molar-refractivity contribution is 5.05. The van der Waals surface area contributed by atoms with Crippen LogP contribution in [0.4, 0.5) is 0 Å². The number of nitrogens with one attached hydrogen (secondary N) is 1. The van der Waals surface area contributed by atoms with Gasteiger partial charge in [-0.15, -0.1) is 0 Å². The first-order chi connectivity index (χ1) is 8.64. The van der Waals surface area contributed by atoms with E-state index < -0.39 is 0 Å². The number of hydrogen-bond acceptors (Lipinski definition) is 3. The Balaban J connectivity index is 1.74. The van der Waals surface area contributed by atoms with Gasteiger partial charge in [0.2, 0.25) is 0 Å². The van der Waals surface area contributed by atoms with Crippen molar-refractivity contribution in [2.75, 3.05) is 19.7 Å². The lowest BCUT2D eigenvalue weighted by atomic mass is 9.88. The highest BCUT2D eigenvalue weighted by Crippen LogP contribution is 2.42. The van der Waals surface area contributed by atoms with Crippen molar-refractivity contribution in [1.29, 1.82) is 0 Å². The van der Waals surface area contributed by atoms with Gasteiger partial charge in [0, 0.05) is 37.3 Å². The second kappa shape index (κ2) is 4.77. The molecule has 0 aromatic carbocycles. The Bertz CT molecular complexity index is 305. The van der Waals surface area contributed by atoms with Crippen molar-refractivity contribution in [3.05, 3.63) is 0 Å². The molecule has 0 aromatic heterocycles. The van der Waals surface area contributed by atoms with Crippen LogP contribution >= 0.6 is 0 Å². The lowest BCUT2D eigenvalue weighted by Gasteiger charge is -2.49. The summed E-state index contributed by atoms with van der Waals surface area (Å²) in [4.78, 5) is 2.77. The molecule has 0 radical (unpaired) electrons. The minimum Gasteiger partial charge on any atom is -0.377 e. The van der Waals surface area contributed by atoms with Crippen LogP contribution in [0.15, 0.2) is 0 Å². The van der Waals surface area contributed by atoms with Gasteiger partial charge in [-0.2, -0.15) is 0 Å². The quantitative estimate of drug-likeness (QED) is 0.831. The summed E-state index contributed by atoms with van der Waals surface area (Å²) in [7, 11) is 0. The molecule has 1 aliphatic carbocycles. The number of nitrogens with zero attached hydrogens (tertiary/aromatic N) is 1. The van der Waals surface area contributed by atoms with Gasteiger partial charge in [-0.05, 0) is 45.4 Å². The van der Waals surface area contributed by atoms with Gasteiger partial charge in [-0.1, -0.05) is 6.92 Å². The lowest BCUT2D eigenvalue weighted by Crippen LogP contribution is -2.66. The first kappa shape index (κ1) is 12.9. The van der Waals surface area contributed by atoms with Gasteiger partial charge in [0.1, 0.15) is 0 Å². The maximum atomic E-state index is 5.79. The lowest BCUT2D eigenvalue weighted by molar-refractivity contribution is 0.00544. The van der Waals surface area contributed by atoms with Gasteiger partial charge in [-0.25, -0.2) is 0 Å². The maximum absolute atomic E-state index is 5.79. The zero-order chi connectivity index (χ0) is 12.8. The van der Waals surface area contributed by atoms with Crippen molar-refractivity contribution in [1.82, 2.24) is 10.2 Å². The Labute approximate surface area is 111 Å². The fraction of sp³-hybridized carbons (Fsp3) is 1.00. The summed E-state index contributed by atoms with van der Waals surface area (Å²) in [6.07, 6.45) is 5.73. The molecule has 4 atom stereocenters. The van der Waals surface area contributed by atoms with Crippen LogP contribution in [0.25, 0.3) is 0 Å². The average Bonchev–Trinajstić information content (AvgIpc) is 3.13. The van der Waals surface area contributed by atoms with E-state index in [9.17, 15) is 0 Å². The van der Waals surface area contributed by atoms with Gasteiger partial charge >= 0.3 is 0 Å². The summed E-state index contributed by atoms with van der Waals surface area (Å²) in [6, 6.07) is 1.35. The molecule has 0 amide bonds. The van der Waals surface area contributed by atoms with Gasteiger partial charge in [0.05, 0.1) is 6.10 Å². The van der Waals surface area contributed by atoms with E-state index in [1.165, 1.54) is 32.2 Å². The minimum absolute atomic E-state index is 0.355. The van der Waals surface area contributed by atoms with Gasteiger partial charge < -0.3 is 10.1 Å². The van der Waals surface area contributed by atoms with E-state index in [0.717, 1.165) is 19.1 Å². The van der Waals surface area contributed by atoms with Crippen LogP contribution in [0.3, 0.4) is 0 Å². The Kier molecular flexibility index (Phi) is 3.41. The van der Waals surface area contributed by atoms with Gasteiger partial charge in [0.15, 0.2) is 0 Å².